The van der Waals surface area contributed by atoms with E-state index in [1.54, 1.807) is 11.3 Å². The molecule has 0 aromatic carbocycles. The third-order valence-electron chi connectivity index (χ3n) is 3.34. The van der Waals surface area contributed by atoms with Crippen molar-refractivity contribution in [3.63, 3.8) is 0 Å². The van der Waals surface area contributed by atoms with Crippen molar-refractivity contribution < 1.29 is 4.79 Å². The number of nitrogens with zero attached hydrogens (tertiary/aromatic N) is 1. The molecule has 3 nitrogen and oxygen atoms in total. The van der Waals surface area contributed by atoms with Crippen LogP contribution in [0.5, 0.6) is 0 Å². The fourth-order valence-corrected chi connectivity index (χ4v) is 2.75. The fourth-order valence-electron chi connectivity index (χ4n) is 2.08. The first-order valence-corrected chi connectivity index (χ1v) is 6.56. The highest BCUT2D eigenvalue weighted by Gasteiger charge is 2.34. The van der Waals surface area contributed by atoms with Gasteiger partial charge in [0.25, 0.3) is 0 Å². The van der Waals surface area contributed by atoms with E-state index in [0.717, 1.165) is 25.1 Å². The molecule has 1 aromatic heterocycles. The zero-order chi connectivity index (χ0) is 11.6. The quantitative estimate of drug-likeness (QED) is 0.915. The zero-order valence-corrected chi connectivity index (χ0v) is 11.6. The summed E-state index contributed by atoms with van der Waals surface area (Å²) in [4.78, 5) is 14.0. The normalized spacial score (nSPS) is 23.5. The van der Waals surface area contributed by atoms with Crippen LogP contribution in [0.4, 0.5) is 0 Å². The van der Waals surface area contributed by atoms with E-state index in [1.807, 2.05) is 21.7 Å². The summed E-state index contributed by atoms with van der Waals surface area (Å²) in [7, 11) is 0. The minimum absolute atomic E-state index is 0. The number of thiophene rings is 1. The molecule has 0 saturated carbocycles. The van der Waals surface area contributed by atoms with Gasteiger partial charge in [-0.25, -0.2) is 0 Å². The minimum Gasteiger partial charge on any atom is -0.342 e. The first-order valence-electron chi connectivity index (χ1n) is 5.62. The van der Waals surface area contributed by atoms with Gasteiger partial charge in [0.1, 0.15) is 0 Å². The second-order valence-corrected chi connectivity index (χ2v) is 5.67. The molecule has 2 N–H and O–H groups in total. The summed E-state index contributed by atoms with van der Waals surface area (Å²) in [5.41, 5.74) is 6.98. The first kappa shape index (κ1) is 14.5. The van der Waals surface area contributed by atoms with E-state index in [4.69, 9.17) is 5.73 Å². The molecule has 2 rings (SSSR count). The van der Waals surface area contributed by atoms with Crippen molar-refractivity contribution in [2.75, 3.05) is 19.6 Å². The van der Waals surface area contributed by atoms with Gasteiger partial charge in [-0.2, -0.15) is 11.3 Å². The predicted octanol–water partition coefficient (Wildman–Crippen LogP) is 1.91. The highest BCUT2D eigenvalue weighted by Crippen LogP contribution is 2.28. The standard InChI is InChI=1S/C12H18N2OS.ClH/c1-12(8-13)3-4-14(9-12)11(15)6-10-2-5-16-7-10;/h2,5,7H,3-4,6,8-9,13H2,1H3;1H. The van der Waals surface area contributed by atoms with Crippen LogP contribution < -0.4 is 5.73 Å². The summed E-state index contributed by atoms with van der Waals surface area (Å²) in [5, 5.41) is 4.05. The Balaban J connectivity index is 0.00000144. The number of likely N-dealkylation sites (tertiary alicyclic amines) is 1. The summed E-state index contributed by atoms with van der Waals surface area (Å²) in [6.45, 7) is 4.49. The van der Waals surface area contributed by atoms with Crippen molar-refractivity contribution in [1.29, 1.82) is 0 Å². The summed E-state index contributed by atoms with van der Waals surface area (Å²) in [5.74, 6) is 0.232. The highest BCUT2D eigenvalue weighted by molar-refractivity contribution is 7.07. The van der Waals surface area contributed by atoms with Gasteiger partial charge in [0.05, 0.1) is 6.42 Å². The lowest BCUT2D eigenvalue weighted by Crippen LogP contribution is -2.35. The number of carbonyl (C=O) groups is 1. The summed E-state index contributed by atoms with van der Waals surface area (Å²) < 4.78 is 0. The average Bonchev–Trinajstić information content (AvgIpc) is 2.88. The molecular formula is C12H19ClN2OS. The van der Waals surface area contributed by atoms with Crippen LogP contribution in [0.2, 0.25) is 0 Å². The number of hydrogen-bond donors (Lipinski definition) is 1. The lowest BCUT2D eigenvalue weighted by atomic mass is 9.90. The maximum atomic E-state index is 12.0. The smallest absolute Gasteiger partial charge is 0.227 e. The molecule has 0 radical (unpaired) electrons. The zero-order valence-electron chi connectivity index (χ0n) is 10.0. The molecule has 0 spiro atoms. The van der Waals surface area contributed by atoms with Crippen molar-refractivity contribution in [2.24, 2.45) is 11.1 Å². The van der Waals surface area contributed by atoms with Crippen molar-refractivity contribution in [1.82, 2.24) is 4.90 Å². The van der Waals surface area contributed by atoms with Crippen LogP contribution in [0.25, 0.3) is 0 Å². The van der Waals surface area contributed by atoms with Crippen LogP contribution in [-0.4, -0.2) is 30.4 Å². The number of hydrogen-bond acceptors (Lipinski definition) is 3. The van der Waals surface area contributed by atoms with Gasteiger partial charge in [-0.05, 0) is 40.8 Å². The van der Waals surface area contributed by atoms with Gasteiger partial charge < -0.3 is 10.6 Å². The van der Waals surface area contributed by atoms with Crippen molar-refractivity contribution in [2.45, 2.75) is 19.8 Å². The van der Waals surface area contributed by atoms with Crippen molar-refractivity contribution >= 4 is 29.7 Å². The number of rotatable bonds is 3. The highest BCUT2D eigenvalue weighted by atomic mass is 35.5. The fraction of sp³-hybridized carbons (Fsp3) is 0.583. The average molecular weight is 275 g/mol. The third kappa shape index (κ3) is 3.44. The number of halogens is 1. The topological polar surface area (TPSA) is 46.3 Å². The Labute approximate surface area is 112 Å². The van der Waals surface area contributed by atoms with E-state index in [2.05, 4.69) is 6.92 Å². The lowest BCUT2D eigenvalue weighted by Gasteiger charge is -2.22. The van der Waals surface area contributed by atoms with Crippen LogP contribution in [-0.2, 0) is 11.2 Å². The predicted molar refractivity (Wildman–Crippen MR) is 73.6 cm³/mol. The molecule has 1 atom stereocenters. The van der Waals surface area contributed by atoms with E-state index in [1.165, 1.54) is 0 Å². The van der Waals surface area contributed by atoms with Gasteiger partial charge in [0.2, 0.25) is 5.91 Å². The van der Waals surface area contributed by atoms with Crippen LogP contribution in [0, 0.1) is 5.41 Å². The first-order chi connectivity index (χ1) is 7.63. The molecule has 1 fully saturated rings. The van der Waals surface area contributed by atoms with Gasteiger partial charge in [0.15, 0.2) is 0 Å². The Bertz CT molecular complexity index is 369. The molecular weight excluding hydrogens is 256 g/mol. The molecule has 0 aliphatic carbocycles. The SMILES string of the molecule is CC1(CN)CCN(C(=O)Cc2ccsc2)C1.Cl. The Hall–Kier alpha value is -0.580. The number of amides is 1. The molecule has 1 unspecified atom stereocenters. The van der Waals surface area contributed by atoms with E-state index in [0.29, 0.717) is 13.0 Å². The van der Waals surface area contributed by atoms with Crippen LogP contribution >= 0.6 is 23.7 Å². The Kier molecular flexibility index (Phi) is 4.98. The largest absolute Gasteiger partial charge is 0.342 e. The summed E-state index contributed by atoms with van der Waals surface area (Å²) >= 11 is 1.64. The van der Waals surface area contributed by atoms with Gasteiger partial charge in [0, 0.05) is 13.1 Å². The Morgan fingerprint density at radius 2 is 2.41 bits per heavy atom. The van der Waals surface area contributed by atoms with Crippen molar-refractivity contribution in [3.05, 3.63) is 22.4 Å². The summed E-state index contributed by atoms with van der Waals surface area (Å²) in [6, 6.07) is 2.01. The van der Waals surface area contributed by atoms with Crippen molar-refractivity contribution in [3.8, 4) is 0 Å². The molecule has 17 heavy (non-hydrogen) atoms. The number of carbonyl (C=O) groups excluding carboxylic acids is 1. The van der Waals surface area contributed by atoms with E-state index in [9.17, 15) is 4.79 Å². The van der Waals surface area contributed by atoms with E-state index in [-0.39, 0.29) is 23.7 Å². The maximum absolute atomic E-state index is 12.0. The van der Waals surface area contributed by atoms with Gasteiger partial charge in [-0.15, -0.1) is 12.4 Å². The summed E-state index contributed by atoms with van der Waals surface area (Å²) in [6.07, 6.45) is 1.56. The van der Waals surface area contributed by atoms with E-state index >= 15 is 0 Å². The van der Waals surface area contributed by atoms with Gasteiger partial charge in [-0.3, -0.25) is 4.79 Å². The Morgan fingerprint density at radius 1 is 1.65 bits per heavy atom. The molecule has 5 heteroatoms. The molecule has 1 amide bonds. The molecule has 1 saturated heterocycles. The van der Waals surface area contributed by atoms with Crippen LogP contribution in [0.1, 0.15) is 18.9 Å². The number of nitrogens with two attached hydrogens (primary N) is 1. The monoisotopic (exact) mass is 274 g/mol. The molecule has 1 aliphatic heterocycles. The molecule has 2 heterocycles. The molecule has 96 valence electrons. The van der Waals surface area contributed by atoms with E-state index < -0.39 is 0 Å². The van der Waals surface area contributed by atoms with Gasteiger partial charge >= 0.3 is 0 Å². The molecule has 0 bridgehead atoms. The van der Waals surface area contributed by atoms with Gasteiger partial charge in [-0.1, -0.05) is 6.92 Å². The second kappa shape index (κ2) is 5.85. The maximum Gasteiger partial charge on any atom is 0.227 e. The Morgan fingerprint density at radius 3 is 2.94 bits per heavy atom. The van der Waals surface area contributed by atoms with Crippen LogP contribution in [0.3, 0.4) is 0 Å². The molecule has 1 aliphatic rings. The minimum atomic E-state index is 0. The third-order valence-corrected chi connectivity index (χ3v) is 4.07. The van der Waals surface area contributed by atoms with Crippen LogP contribution in [0.15, 0.2) is 16.8 Å². The lowest BCUT2D eigenvalue weighted by molar-refractivity contribution is -0.129. The molecule has 1 aromatic rings. The second-order valence-electron chi connectivity index (χ2n) is 4.89.